The van der Waals surface area contributed by atoms with Crippen molar-refractivity contribution in [1.82, 2.24) is 0 Å². The Morgan fingerprint density at radius 3 is 1.88 bits per heavy atom. The summed E-state index contributed by atoms with van der Waals surface area (Å²) < 4.78 is 25.4. The highest BCUT2D eigenvalue weighted by atomic mass is 79.9. The maximum Gasteiger partial charge on any atom is 0.363 e. The Hall–Kier alpha value is -0.770. The van der Waals surface area contributed by atoms with Crippen molar-refractivity contribution >= 4 is 21.7 Å². The molecule has 0 heterocycles. The minimum Gasteiger partial charge on any atom is -0.286 e. The van der Waals surface area contributed by atoms with Gasteiger partial charge in [-0.3, -0.25) is 4.79 Å². The van der Waals surface area contributed by atoms with Gasteiger partial charge in [0.05, 0.1) is 0 Å². The van der Waals surface area contributed by atoms with Crippen LogP contribution in [0, 0.1) is 0 Å². The van der Waals surface area contributed by atoms with Crippen LogP contribution in [0.1, 0.15) is 36.7 Å². The maximum atomic E-state index is 12.7. The van der Waals surface area contributed by atoms with Gasteiger partial charge in [0, 0.05) is 5.56 Å². The lowest BCUT2D eigenvalue weighted by molar-refractivity contribution is 0.0592. The molecule has 0 aliphatic heterocycles. The van der Waals surface area contributed by atoms with Gasteiger partial charge in [0.2, 0.25) is 5.78 Å². The van der Waals surface area contributed by atoms with Gasteiger partial charge in [-0.15, -0.1) is 0 Å². The molecule has 1 rings (SSSR count). The van der Waals surface area contributed by atoms with E-state index >= 15 is 0 Å². The zero-order valence-electron chi connectivity index (χ0n) is 9.35. The smallest absolute Gasteiger partial charge is 0.286 e. The molecule has 0 aliphatic carbocycles. The Balaban J connectivity index is 3.01. The van der Waals surface area contributed by atoms with E-state index in [-0.39, 0.29) is 11.0 Å². The van der Waals surface area contributed by atoms with Crippen molar-refractivity contribution in [2.45, 2.75) is 31.0 Å². The second-order valence-corrected chi connectivity index (χ2v) is 5.65. The maximum absolute atomic E-state index is 12.7. The van der Waals surface area contributed by atoms with E-state index in [0.717, 1.165) is 5.56 Å². The van der Waals surface area contributed by atoms with Gasteiger partial charge < -0.3 is 0 Å². The van der Waals surface area contributed by atoms with Crippen molar-refractivity contribution in [3.8, 4) is 0 Å². The highest BCUT2D eigenvalue weighted by molar-refractivity contribution is 9.10. The fraction of sp³-hybridized carbons (Fsp3) is 0.417. The normalized spacial score (nSPS) is 12.6. The molecule has 0 spiro atoms. The molecule has 0 fully saturated rings. The van der Waals surface area contributed by atoms with Crippen LogP contribution in [0.5, 0.6) is 0 Å². The van der Waals surface area contributed by atoms with Crippen LogP contribution in [0.2, 0.25) is 0 Å². The summed E-state index contributed by atoms with van der Waals surface area (Å²) in [6, 6.07) is 6.26. The largest absolute Gasteiger partial charge is 0.363 e. The van der Waals surface area contributed by atoms with Crippen LogP contribution in [0.3, 0.4) is 0 Å². The predicted molar refractivity (Wildman–Crippen MR) is 63.3 cm³/mol. The van der Waals surface area contributed by atoms with Crippen LogP contribution >= 0.6 is 15.9 Å². The van der Waals surface area contributed by atoms with Gasteiger partial charge in [0.25, 0.3) is 0 Å². The third-order valence-electron chi connectivity index (χ3n) is 2.27. The topological polar surface area (TPSA) is 17.1 Å². The summed E-state index contributed by atoms with van der Waals surface area (Å²) in [5.74, 6) is -1.21. The first-order valence-corrected chi connectivity index (χ1v) is 5.64. The number of benzene rings is 1. The number of rotatable bonds is 2. The van der Waals surface area contributed by atoms with Gasteiger partial charge >= 0.3 is 4.83 Å². The first-order chi connectivity index (χ1) is 7.12. The Bertz CT molecular complexity index is 385. The number of carbonyl (C=O) groups excluding carboxylic acids is 1. The van der Waals surface area contributed by atoms with E-state index in [1.165, 1.54) is 12.1 Å². The quantitative estimate of drug-likeness (QED) is 0.591. The number of hydrogen-bond donors (Lipinski definition) is 0. The average Bonchev–Trinajstić information content (AvgIpc) is 2.14. The van der Waals surface area contributed by atoms with E-state index in [4.69, 9.17) is 0 Å². The van der Waals surface area contributed by atoms with Crippen LogP contribution < -0.4 is 0 Å². The monoisotopic (exact) mass is 290 g/mol. The van der Waals surface area contributed by atoms with Crippen molar-refractivity contribution in [2.75, 3.05) is 0 Å². The number of ketones is 1. The van der Waals surface area contributed by atoms with Crippen LogP contribution in [0.4, 0.5) is 8.78 Å². The molecule has 4 heteroatoms. The van der Waals surface area contributed by atoms with Crippen LogP contribution in [0.25, 0.3) is 0 Å². The third-order valence-corrected chi connectivity index (χ3v) is 2.63. The van der Waals surface area contributed by atoms with Crippen molar-refractivity contribution in [3.63, 3.8) is 0 Å². The van der Waals surface area contributed by atoms with Crippen LogP contribution in [-0.2, 0) is 5.41 Å². The number of Topliss-reactive ketones (excluding diaryl/α,β-unsaturated/α-hetero) is 1. The summed E-state index contributed by atoms with van der Waals surface area (Å²) in [6.07, 6.45) is 0. The van der Waals surface area contributed by atoms with Gasteiger partial charge in [-0.05, 0) is 26.9 Å². The molecule has 1 nitrogen and oxygen atoms in total. The Morgan fingerprint density at radius 2 is 1.56 bits per heavy atom. The molecule has 1 aromatic rings. The molecule has 0 atom stereocenters. The van der Waals surface area contributed by atoms with E-state index in [2.05, 4.69) is 15.9 Å². The minimum absolute atomic E-state index is 0.00914. The van der Waals surface area contributed by atoms with Crippen LogP contribution in [-0.4, -0.2) is 10.6 Å². The Labute approximate surface area is 102 Å². The molecule has 88 valence electrons. The van der Waals surface area contributed by atoms with E-state index in [9.17, 15) is 13.6 Å². The molecule has 0 radical (unpaired) electrons. The molecule has 0 saturated carbocycles. The predicted octanol–water partition coefficient (Wildman–Crippen LogP) is 4.15. The molecule has 0 saturated heterocycles. The third kappa shape index (κ3) is 3.11. The summed E-state index contributed by atoms with van der Waals surface area (Å²) in [6.45, 7) is 6.05. The van der Waals surface area contributed by atoms with Gasteiger partial charge in [-0.1, -0.05) is 45.0 Å². The lowest BCUT2D eigenvalue weighted by atomic mass is 9.86. The van der Waals surface area contributed by atoms with Gasteiger partial charge in [0.1, 0.15) is 0 Å². The van der Waals surface area contributed by atoms with E-state index < -0.39 is 10.6 Å². The molecule has 16 heavy (non-hydrogen) atoms. The van der Waals surface area contributed by atoms with Gasteiger partial charge in [0.15, 0.2) is 0 Å². The summed E-state index contributed by atoms with van der Waals surface area (Å²) >= 11 is 2.06. The van der Waals surface area contributed by atoms with Crippen molar-refractivity contribution in [2.24, 2.45) is 0 Å². The minimum atomic E-state index is -3.49. The second-order valence-electron chi connectivity index (χ2n) is 4.65. The fourth-order valence-electron chi connectivity index (χ4n) is 1.29. The van der Waals surface area contributed by atoms with Gasteiger partial charge in [-0.2, -0.15) is 8.78 Å². The number of alkyl halides is 3. The van der Waals surface area contributed by atoms with E-state index in [1.54, 1.807) is 12.1 Å². The van der Waals surface area contributed by atoms with E-state index in [1.807, 2.05) is 20.8 Å². The summed E-state index contributed by atoms with van der Waals surface area (Å²) in [4.78, 5) is 7.74. The molecule has 0 unspecified atom stereocenters. The van der Waals surface area contributed by atoms with Crippen molar-refractivity contribution in [3.05, 3.63) is 35.4 Å². The summed E-state index contributed by atoms with van der Waals surface area (Å²) in [5.41, 5.74) is 0.954. The van der Waals surface area contributed by atoms with Crippen molar-refractivity contribution in [1.29, 1.82) is 0 Å². The average molecular weight is 291 g/mol. The molecule has 0 bridgehead atoms. The highest BCUT2D eigenvalue weighted by Crippen LogP contribution is 2.28. The molecule has 1 aromatic carbocycles. The van der Waals surface area contributed by atoms with E-state index in [0.29, 0.717) is 0 Å². The number of halogens is 3. The van der Waals surface area contributed by atoms with Gasteiger partial charge in [-0.25, -0.2) is 0 Å². The Morgan fingerprint density at radius 1 is 1.12 bits per heavy atom. The Kier molecular flexibility index (Phi) is 3.53. The lowest BCUT2D eigenvalue weighted by Crippen LogP contribution is -2.21. The fourth-order valence-corrected chi connectivity index (χ4v) is 1.51. The summed E-state index contributed by atoms with van der Waals surface area (Å²) in [7, 11) is 0. The summed E-state index contributed by atoms with van der Waals surface area (Å²) in [5, 5.41) is 0. The molecule has 0 N–H and O–H groups in total. The molecular formula is C12H13BrF2O. The first kappa shape index (κ1) is 13.3. The number of carbonyl (C=O) groups is 1. The standard InChI is InChI=1S/C12H13BrF2O/c1-11(2,3)9-6-4-8(5-7-9)10(16)12(13,14)15/h4-7H,1-3H3. The molecular weight excluding hydrogens is 278 g/mol. The molecule has 0 aliphatic rings. The highest BCUT2D eigenvalue weighted by Gasteiger charge is 2.35. The zero-order valence-corrected chi connectivity index (χ0v) is 10.9. The molecule has 0 amide bonds. The first-order valence-electron chi connectivity index (χ1n) is 4.84. The molecule has 0 aromatic heterocycles. The second kappa shape index (κ2) is 4.24. The zero-order chi connectivity index (χ0) is 12.6. The SMILES string of the molecule is CC(C)(C)c1ccc(C(=O)C(F)(F)Br)cc1. The number of hydrogen-bond acceptors (Lipinski definition) is 1. The van der Waals surface area contributed by atoms with Crippen LogP contribution in [0.15, 0.2) is 24.3 Å². The lowest BCUT2D eigenvalue weighted by Gasteiger charge is -2.19. The van der Waals surface area contributed by atoms with Crippen molar-refractivity contribution < 1.29 is 13.6 Å².